The number of nitrogens with one attached hydrogen (secondary N) is 1. The van der Waals surface area contributed by atoms with Crippen LogP contribution in [0.1, 0.15) is 34.6 Å². The number of nitrogens with two attached hydrogens (primary N) is 1. The summed E-state index contributed by atoms with van der Waals surface area (Å²) in [6.07, 6.45) is 0.353. The fourth-order valence-electron chi connectivity index (χ4n) is 2.80. The van der Waals surface area contributed by atoms with Crippen LogP contribution in [-0.4, -0.2) is 55.2 Å². The SMILES string of the molecule is CC(CN)CNC(=O)C(C(C)C)N1CC(C)OC(C)C1.Cl.Cl. The van der Waals surface area contributed by atoms with E-state index in [0.29, 0.717) is 19.0 Å². The summed E-state index contributed by atoms with van der Waals surface area (Å²) in [6, 6.07) is -0.0891. The zero-order valence-electron chi connectivity index (χ0n) is 14.4. The standard InChI is InChI=1S/C15H31N3O2.2ClH/c1-10(2)14(15(19)17-7-11(3)6-16)18-8-12(4)20-13(5)9-18;;/h10-14H,6-9,16H2,1-5H3,(H,17,19);2*1H. The summed E-state index contributed by atoms with van der Waals surface area (Å²) in [5.41, 5.74) is 5.60. The average molecular weight is 358 g/mol. The Labute approximate surface area is 147 Å². The fraction of sp³-hybridized carbons (Fsp3) is 0.933. The lowest BCUT2D eigenvalue weighted by Gasteiger charge is -2.41. The summed E-state index contributed by atoms with van der Waals surface area (Å²) in [7, 11) is 0. The first-order chi connectivity index (χ1) is 9.35. The van der Waals surface area contributed by atoms with Crippen molar-refractivity contribution in [1.29, 1.82) is 0 Å². The van der Waals surface area contributed by atoms with Gasteiger partial charge in [-0.05, 0) is 32.2 Å². The van der Waals surface area contributed by atoms with Gasteiger partial charge in [0.25, 0.3) is 0 Å². The molecule has 1 heterocycles. The van der Waals surface area contributed by atoms with E-state index in [1.807, 2.05) is 6.92 Å². The highest BCUT2D eigenvalue weighted by Gasteiger charge is 2.33. The van der Waals surface area contributed by atoms with Crippen LogP contribution in [0.5, 0.6) is 0 Å². The summed E-state index contributed by atoms with van der Waals surface area (Å²) in [5.74, 6) is 0.705. The smallest absolute Gasteiger partial charge is 0.237 e. The van der Waals surface area contributed by atoms with Crippen LogP contribution in [0.2, 0.25) is 0 Å². The second kappa shape index (κ2) is 11.5. The van der Waals surface area contributed by atoms with Crippen molar-refractivity contribution in [2.24, 2.45) is 17.6 Å². The first kappa shape index (κ1) is 24.2. The van der Waals surface area contributed by atoms with Gasteiger partial charge in [-0.3, -0.25) is 9.69 Å². The van der Waals surface area contributed by atoms with Gasteiger partial charge in [0, 0.05) is 19.6 Å². The number of rotatable bonds is 6. The van der Waals surface area contributed by atoms with Crippen molar-refractivity contribution >= 4 is 30.7 Å². The molecule has 0 aromatic rings. The topological polar surface area (TPSA) is 67.6 Å². The summed E-state index contributed by atoms with van der Waals surface area (Å²) in [4.78, 5) is 14.7. The van der Waals surface area contributed by atoms with Crippen LogP contribution < -0.4 is 11.1 Å². The van der Waals surface area contributed by atoms with E-state index in [2.05, 4.69) is 37.9 Å². The Morgan fingerprint density at radius 1 is 1.23 bits per heavy atom. The lowest BCUT2D eigenvalue weighted by molar-refractivity contribution is -0.135. The highest BCUT2D eigenvalue weighted by molar-refractivity contribution is 5.85. The Hall–Kier alpha value is -0.0700. The van der Waals surface area contributed by atoms with Crippen molar-refractivity contribution in [2.45, 2.75) is 52.9 Å². The van der Waals surface area contributed by atoms with Crippen LogP contribution in [0.25, 0.3) is 0 Å². The molecule has 0 saturated carbocycles. The number of carbonyl (C=O) groups excluding carboxylic acids is 1. The zero-order valence-corrected chi connectivity index (χ0v) is 16.0. The Balaban J connectivity index is 0. The molecule has 0 aromatic carbocycles. The zero-order chi connectivity index (χ0) is 15.3. The summed E-state index contributed by atoms with van der Waals surface area (Å²) in [6.45, 7) is 13.2. The van der Waals surface area contributed by atoms with Crippen molar-refractivity contribution in [3.05, 3.63) is 0 Å². The van der Waals surface area contributed by atoms with Crippen LogP contribution >= 0.6 is 24.8 Å². The van der Waals surface area contributed by atoms with Crippen molar-refractivity contribution in [3.63, 3.8) is 0 Å². The molecule has 3 N–H and O–H groups in total. The number of hydrogen-bond acceptors (Lipinski definition) is 4. The number of nitrogens with zero attached hydrogens (tertiary/aromatic N) is 1. The third kappa shape index (κ3) is 7.47. The van der Waals surface area contributed by atoms with E-state index in [1.54, 1.807) is 0 Å². The molecular formula is C15H33Cl2N3O2. The molecule has 0 radical (unpaired) electrons. The van der Waals surface area contributed by atoms with E-state index in [9.17, 15) is 4.79 Å². The molecule has 1 aliphatic heterocycles. The highest BCUT2D eigenvalue weighted by atomic mass is 35.5. The van der Waals surface area contributed by atoms with Gasteiger partial charge in [-0.15, -0.1) is 24.8 Å². The second-order valence-electron chi connectivity index (χ2n) is 6.49. The molecule has 5 nitrogen and oxygen atoms in total. The van der Waals surface area contributed by atoms with Gasteiger partial charge in [-0.1, -0.05) is 20.8 Å². The molecule has 134 valence electrons. The molecule has 1 amide bonds. The maximum atomic E-state index is 12.5. The van der Waals surface area contributed by atoms with Gasteiger partial charge in [-0.25, -0.2) is 0 Å². The molecule has 22 heavy (non-hydrogen) atoms. The van der Waals surface area contributed by atoms with Crippen molar-refractivity contribution in [1.82, 2.24) is 10.2 Å². The summed E-state index contributed by atoms with van der Waals surface area (Å²) >= 11 is 0. The van der Waals surface area contributed by atoms with Crippen LogP contribution in [0.15, 0.2) is 0 Å². The maximum absolute atomic E-state index is 12.5. The minimum atomic E-state index is -0.0891. The number of ether oxygens (including phenoxy) is 1. The molecule has 0 bridgehead atoms. The lowest BCUT2D eigenvalue weighted by atomic mass is 9.99. The van der Waals surface area contributed by atoms with E-state index in [0.717, 1.165) is 13.1 Å². The number of amides is 1. The predicted molar refractivity (Wildman–Crippen MR) is 95.9 cm³/mol. The van der Waals surface area contributed by atoms with Gasteiger partial charge in [0.15, 0.2) is 0 Å². The number of halogens is 2. The fourth-order valence-corrected chi connectivity index (χ4v) is 2.80. The van der Waals surface area contributed by atoms with Gasteiger partial charge < -0.3 is 15.8 Å². The van der Waals surface area contributed by atoms with E-state index in [4.69, 9.17) is 10.5 Å². The Bertz CT molecular complexity index is 309. The Morgan fingerprint density at radius 3 is 2.14 bits per heavy atom. The highest BCUT2D eigenvalue weighted by Crippen LogP contribution is 2.18. The van der Waals surface area contributed by atoms with E-state index in [-0.39, 0.29) is 54.9 Å². The Kier molecular flexibility index (Phi) is 12.6. The monoisotopic (exact) mass is 357 g/mol. The maximum Gasteiger partial charge on any atom is 0.237 e. The van der Waals surface area contributed by atoms with Crippen molar-refractivity contribution < 1.29 is 9.53 Å². The van der Waals surface area contributed by atoms with Crippen molar-refractivity contribution in [3.8, 4) is 0 Å². The summed E-state index contributed by atoms with van der Waals surface area (Å²) in [5, 5.41) is 3.04. The minimum absolute atomic E-state index is 0. The number of carbonyl (C=O) groups is 1. The van der Waals surface area contributed by atoms with E-state index < -0.39 is 0 Å². The van der Waals surface area contributed by atoms with Crippen LogP contribution in [-0.2, 0) is 9.53 Å². The van der Waals surface area contributed by atoms with Crippen LogP contribution in [0.4, 0.5) is 0 Å². The molecule has 0 aliphatic carbocycles. The molecule has 0 aromatic heterocycles. The van der Waals surface area contributed by atoms with Gasteiger partial charge >= 0.3 is 0 Å². The van der Waals surface area contributed by atoms with E-state index in [1.165, 1.54) is 0 Å². The number of hydrogen-bond donors (Lipinski definition) is 2. The van der Waals surface area contributed by atoms with Crippen molar-refractivity contribution in [2.75, 3.05) is 26.2 Å². The number of morpholine rings is 1. The van der Waals surface area contributed by atoms with Gasteiger partial charge in [0.05, 0.1) is 18.2 Å². The predicted octanol–water partition coefficient (Wildman–Crippen LogP) is 1.67. The molecule has 4 unspecified atom stereocenters. The molecule has 7 heteroatoms. The summed E-state index contributed by atoms with van der Waals surface area (Å²) < 4.78 is 5.75. The molecule has 0 spiro atoms. The molecular weight excluding hydrogens is 325 g/mol. The molecule has 4 atom stereocenters. The van der Waals surface area contributed by atoms with Gasteiger partial charge in [0.2, 0.25) is 5.91 Å². The third-order valence-electron chi connectivity index (χ3n) is 3.77. The largest absolute Gasteiger partial charge is 0.373 e. The first-order valence-corrected chi connectivity index (χ1v) is 7.72. The molecule has 1 saturated heterocycles. The average Bonchev–Trinajstić information content (AvgIpc) is 2.34. The Morgan fingerprint density at radius 2 is 1.73 bits per heavy atom. The van der Waals surface area contributed by atoms with Gasteiger partial charge in [-0.2, -0.15) is 0 Å². The lowest BCUT2D eigenvalue weighted by Crippen LogP contribution is -2.57. The second-order valence-corrected chi connectivity index (χ2v) is 6.49. The third-order valence-corrected chi connectivity index (χ3v) is 3.77. The molecule has 1 fully saturated rings. The normalized spacial score (nSPS) is 24.9. The van der Waals surface area contributed by atoms with Crippen LogP contribution in [0, 0.1) is 11.8 Å². The molecule has 1 rings (SSSR count). The van der Waals surface area contributed by atoms with Gasteiger partial charge in [0.1, 0.15) is 0 Å². The minimum Gasteiger partial charge on any atom is -0.373 e. The van der Waals surface area contributed by atoms with E-state index >= 15 is 0 Å². The first-order valence-electron chi connectivity index (χ1n) is 7.72. The quantitative estimate of drug-likeness (QED) is 0.758. The van der Waals surface area contributed by atoms with Crippen LogP contribution in [0.3, 0.4) is 0 Å². The molecule has 1 aliphatic rings.